The highest BCUT2D eigenvalue weighted by molar-refractivity contribution is 5.81. The van der Waals surface area contributed by atoms with E-state index in [-0.39, 0.29) is 25.9 Å². The van der Waals surface area contributed by atoms with Crippen LogP contribution < -0.4 is 4.74 Å². The van der Waals surface area contributed by atoms with E-state index in [2.05, 4.69) is 43.8 Å². The van der Waals surface area contributed by atoms with E-state index in [1.807, 2.05) is 12.1 Å². The maximum atomic E-state index is 11.2. The number of ether oxygens (including phenoxy) is 3. The van der Waals surface area contributed by atoms with Crippen LogP contribution in [0, 0.1) is 5.92 Å². The van der Waals surface area contributed by atoms with E-state index in [4.69, 9.17) is 14.2 Å². The maximum Gasteiger partial charge on any atom is 0.330 e. The van der Waals surface area contributed by atoms with E-state index < -0.39 is 5.97 Å². The molecule has 1 saturated heterocycles. The summed E-state index contributed by atoms with van der Waals surface area (Å²) in [5.41, 5.74) is 4.39. The Bertz CT molecular complexity index is 851. The van der Waals surface area contributed by atoms with Crippen LogP contribution in [0.1, 0.15) is 43.4 Å². The van der Waals surface area contributed by atoms with Crippen molar-refractivity contribution in [1.82, 2.24) is 0 Å². The quantitative estimate of drug-likeness (QED) is 0.335. The molecular formula is C26H32O5. The zero-order valence-electron chi connectivity index (χ0n) is 18.2. The second-order valence-corrected chi connectivity index (χ2v) is 8.00. The third-order valence-electron chi connectivity index (χ3n) is 5.54. The van der Waals surface area contributed by atoms with E-state index in [0.717, 1.165) is 48.0 Å². The smallest absolute Gasteiger partial charge is 0.330 e. The SMILES string of the molecule is C=CC(=O)OCCOc1cc(-c2ccc(C3CCC(C)CO3)cc2)ccc1CCCO. The lowest BCUT2D eigenvalue weighted by Gasteiger charge is -2.27. The number of aliphatic hydroxyl groups excluding tert-OH is 1. The Kier molecular flexibility index (Phi) is 8.68. The molecule has 5 nitrogen and oxygen atoms in total. The molecule has 0 spiro atoms. The fourth-order valence-corrected chi connectivity index (χ4v) is 3.73. The summed E-state index contributed by atoms with van der Waals surface area (Å²) in [5, 5.41) is 9.18. The molecule has 1 heterocycles. The van der Waals surface area contributed by atoms with Gasteiger partial charge in [0.2, 0.25) is 0 Å². The molecule has 1 fully saturated rings. The van der Waals surface area contributed by atoms with Crippen LogP contribution in [0.15, 0.2) is 55.1 Å². The topological polar surface area (TPSA) is 65.0 Å². The second kappa shape index (κ2) is 11.7. The van der Waals surface area contributed by atoms with Gasteiger partial charge in [0.15, 0.2) is 0 Å². The summed E-state index contributed by atoms with van der Waals surface area (Å²) in [6.07, 6.45) is 4.96. The predicted octanol–water partition coefficient (Wildman–Crippen LogP) is 4.87. The van der Waals surface area contributed by atoms with Crippen molar-refractivity contribution >= 4 is 5.97 Å². The number of rotatable bonds is 10. The molecule has 2 atom stereocenters. The highest BCUT2D eigenvalue weighted by Crippen LogP contribution is 2.33. The highest BCUT2D eigenvalue weighted by Gasteiger charge is 2.20. The fourth-order valence-electron chi connectivity index (χ4n) is 3.73. The number of carbonyl (C=O) groups is 1. The summed E-state index contributed by atoms with van der Waals surface area (Å²) < 4.78 is 16.9. The Morgan fingerprint density at radius 1 is 1.16 bits per heavy atom. The second-order valence-electron chi connectivity index (χ2n) is 8.00. The number of aliphatic hydroxyl groups is 1. The van der Waals surface area contributed by atoms with Crippen LogP contribution in [-0.4, -0.2) is 37.5 Å². The first-order valence-corrected chi connectivity index (χ1v) is 11.0. The van der Waals surface area contributed by atoms with Gasteiger partial charge in [0.05, 0.1) is 6.10 Å². The van der Waals surface area contributed by atoms with Crippen LogP contribution in [-0.2, 0) is 20.7 Å². The van der Waals surface area contributed by atoms with Crippen LogP contribution in [0.4, 0.5) is 0 Å². The van der Waals surface area contributed by atoms with Crippen molar-refractivity contribution < 1.29 is 24.1 Å². The summed E-state index contributed by atoms with van der Waals surface area (Å²) in [6.45, 7) is 6.97. The fraction of sp³-hybridized carbons (Fsp3) is 0.423. The van der Waals surface area contributed by atoms with Crippen LogP contribution in [0.25, 0.3) is 11.1 Å². The van der Waals surface area contributed by atoms with Gasteiger partial charge in [-0.05, 0) is 59.9 Å². The van der Waals surface area contributed by atoms with Gasteiger partial charge in [-0.1, -0.05) is 49.9 Å². The van der Waals surface area contributed by atoms with Gasteiger partial charge in [0.25, 0.3) is 0 Å². The lowest BCUT2D eigenvalue weighted by molar-refractivity contribution is -0.138. The molecule has 2 aromatic rings. The van der Waals surface area contributed by atoms with Gasteiger partial charge in [-0.3, -0.25) is 0 Å². The van der Waals surface area contributed by atoms with Gasteiger partial charge in [-0.2, -0.15) is 0 Å². The Balaban J connectivity index is 1.71. The van der Waals surface area contributed by atoms with Crippen LogP contribution in [0.2, 0.25) is 0 Å². The molecule has 0 bridgehead atoms. The van der Waals surface area contributed by atoms with Gasteiger partial charge in [-0.15, -0.1) is 0 Å². The maximum absolute atomic E-state index is 11.2. The summed E-state index contributed by atoms with van der Waals surface area (Å²) in [7, 11) is 0. The van der Waals surface area contributed by atoms with E-state index in [0.29, 0.717) is 12.3 Å². The molecule has 3 rings (SSSR count). The number of aryl methyl sites for hydroxylation is 1. The molecule has 1 N–H and O–H groups in total. The normalized spacial score (nSPS) is 18.4. The molecule has 2 aromatic carbocycles. The lowest BCUT2D eigenvalue weighted by Crippen LogP contribution is -2.18. The van der Waals surface area contributed by atoms with Crippen LogP contribution in [0.3, 0.4) is 0 Å². The van der Waals surface area contributed by atoms with Crippen molar-refractivity contribution in [3.8, 4) is 16.9 Å². The number of carbonyl (C=O) groups excluding carboxylic acids is 1. The number of hydrogen-bond donors (Lipinski definition) is 1. The number of esters is 1. The number of hydrogen-bond acceptors (Lipinski definition) is 5. The first kappa shape index (κ1) is 23.0. The molecule has 1 aliphatic rings. The molecule has 166 valence electrons. The van der Waals surface area contributed by atoms with Crippen molar-refractivity contribution in [2.24, 2.45) is 5.92 Å². The Morgan fingerprint density at radius 3 is 2.61 bits per heavy atom. The highest BCUT2D eigenvalue weighted by atomic mass is 16.6. The van der Waals surface area contributed by atoms with Crippen molar-refractivity contribution in [3.05, 3.63) is 66.2 Å². The minimum atomic E-state index is -0.464. The molecular weight excluding hydrogens is 392 g/mol. The summed E-state index contributed by atoms with van der Waals surface area (Å²) in [6, 6.07) is 14.6. The molecule has 0 aliphatic carbocycles. The average Bonchev–Trinajstić information content (AvgIpc) is 2.81. The number of benzene rings is 2. The molecule has 2 unspecified atom stereocenters. The zero-order valence-corrected chi connectivity index (χ0v) is 18.2. The summed E-state index contributed by atoms with van der Waals surface area (Å²) >= 11 is 0. The molecule has 0 radical (unpaired) electrons. The van der Waals surface area contributed by atoms with E-state index in [1.54, 1.807) is 0 Å². The minimum Gasteiger partial charge on any atom is -0.490 e. The zero-order chi connectivity index (χ0) is 22.1. The molecule has 0 saturated carbocycles. The molecule has 0 aromatic heterocycles. The molecule has 31 heavy (non-hydrogen) atoms. The van der Waals surface area contributed by atoms with Crippen molar-refractivity contribution in [2.75, 3.05) is 26.4 Å². The Hall–Kier alpha value is -2.63. The van der Waals surface area contributed by atoms with Gasteiger partial charge in [-0.25, -0.2) is 4.79 Å². The van der Waals surface area contributed by atoms with Crippen molar-refractivity contribution in [2.45, 2.75) is 38.7 Å². The summed E-state index contributed by atoms with van der Waals surface area (Å²) in [4.78, 5) is 11.2. The minimum absolute atomic E-state index is 0.127. The van der Waals surface area contributed by atoms with Crippen molar-refractivity contribution in [1.29, 1.82) is 0 Å². The molecule has 5 heteroatoms. The standard InChI is InChI=1S/C26H32O5/c1-3-26(28)30-16-15-29-25-17-23(12-11-21(25)5-4-14-27)20-7-9-22(10-8-20)24-13-6-19(2)18-31-24/h3,7-12,17,19,24,27H,1,4-6,13-16,18H2,2H3. The first-order valence-electron chi connectivity index (χ1n) is 11.0. The van der Waals surface area contributed by atoms with E-state index in [1.165, 1.54) is 12.0 Å². The Morgan fingerprint density at radius 2 is 1.94 bits per heavy atom. The lowest BCUT2D eigenvalue weighted by atomic mass is 9.94. The third-order valence-corrected chi connectivity index (χ3v) is 5.54. The third kappa shape index (κ3) is 6.68. The first-order chi connectivity index (χ1) is 15.1. The van der Waals surface area contributed by atoms with Crippen LogP contribution in [0.5, 0.6) is 5.75 Å². The van der Waals surface area contributed by atoms with Gasteiger partial charge >= 0.3 is 5.97 Å². The van der Waals surface area contributed by atoms with Gasteiger partial charge < -0.3 is 19.3 Å². The summed E-state index contributed by atoms with van der Waals surface area (Å²) in [5.74, 6) is 0.919. The van der Waals surface area contributed by atoms with Crippen molar-refractivity contribution in [3.63, 3.8) is 0 Å². The Labute approximate surface area is 184 Å². The molecule has 1 aliphatic heterocycles. The average molecular weight is 425 g/mol. The predicted molar refractivity (Wildman–Crippen MR) is 121 cm³/mol. The largest absolute Gasteiger partial charge is 0.490 e. The monoisotopic (exact) mass is 424 g/mol. The van der Waals surface area contributed by atoms with E-state index >= 15 is 0 Å². The van der Waals surface area contributed by atoms with Gasteiger partial charge in [0.1, 0.15) is 19.0 Å². The van der Waals surface area contributed by atoms with E-state index in [9.17, 15) is 9.90 Å². The van der Waals surface area contributed by atoms with Gasteiger partial charge in [0, 0.05) is 19.3 Å². The van der Waals surface area contributed by atoms with Crippen LogP contribution >= 0.6 is 0 Å². The molecule has 0 amide bonds.